The zero-order valence-electron chi connectivity index (χ0n) is 37.7. The number of thiophene rings is 2. The quantitative estimate of drug-likeness (QED) is 0.166. The minimum atomic E-state index is 1.17. The predicted octanol–water partition coefficient (Wildman–Crippen LogP) is 19.4. The number of benzene rings is 12. The van der Waals surface area contributed by atoms with E-state index in [0.717, 1.165) is 0 Å². The zero-order chi connectivity index (χ0) is 45.6. The van der Waals surface area contributed by atoms with E-state index in [1.807, 2.05) is 22.7 Å². The molecular weight excluding hydrogens is 885 g/mol. The summed E-state index contributed by atoms with van der Waals surface area (Å²) >= 11 is 3.77. The molecule has 12 aromatic carbocycles. The molecule has 0 fully saturated rings. The number of hydrogen-bond acceptors (Lipinski definition) is 2. The van der Waals surface area contributed by atoms with Crippen LogP contribution in [0.4, 0.5) is 0 Å². The Morgan fingerprint density at radius 3 is 1.11 bits per heavy atom. The van der Waals surface area contributed by atoms with Gasteiger partial charge < -0.3 is 9.13 Å². The van der Waals surface area contributed by atoms with Crippen molar-refractivity contribution in [1.82, 2.24) is 9.13 Å². The molecule has 0 bridgehead atoms. The minimum Gasteiger partial charge on any atom is -0.309 e. The van der Waals surface area contributed by atoms with Crippen molar-refractivity contribution >= 4 is 139 Å². The summed E-state index contributed by atoms with van der Waals surface area (Å²) in [4.78, 5) is 0. The average molecular weight is 923 g/mol. The standard InChI is InChI=1S/C66H38N2S2/c1-3-13-41-35-45(25-21-39(41)11-1)67-55-29-23-43(37-53(55)63-57(67)31-33-61-65(63)51-17-7-9-19-59(51)69-61)47-27-28-48(50-16-6-5-15-49(47)50)44-24-30-56-54(38-44)64-58(32-34-62-66(64)52-18-8-10-20-60(52)70-62)68(56)46-26-22-40-12-2-4-14-42(40)36-46/h1-38H. The molecule has 0 unspecified atom stereocenters. The van der Waals surface area contributed by atoms with Gasteiger partial charge in [-0.15, -0.1) is 22.7 Å². The van der Waals surface area contributed by atoms with Gasteiger partial charge in [-0.25, -0.2) is 0 Å². The maximum absolute atomic E-state index is 2.48. The van der Waals surface area contributed by atoms with E-state index in [4.69, 9.17) is 0 Å². The highest BCUT2D eigenvalue weighted by atomic mass is 32.1. The van der Waals surface area contributed by atoms with Gasteiger partial charge in [0.1, 0.15) is 0 Å². The summed E-state index contributed by atoms with van der Waals surface area (Å²) in [6, 6.07) is 86.3. The van der Waals surface area contributed by atoms with Crippen LogP contribution in [-0.4, -0.2) is 9.13 Å². The Morgan fingerprint density at radius 1 is 0.243 bits per heavy atom. The number of hydrogen-bond donors (Lipinski definition) is 0. The SMILES string of the molecule is c1ccc2cc(-n3c4ccc(-c5ccc(-c6ccc7c(c6)c6c8c(ccc6n7-c6ccc7ccccc7c6)sc6ccccc68)c6ccccc56)cc4c4c5c(ccc43)sc3ccccc35)ccc2c1. The van der Waals surface area contributed by atoms with Crippen LogP contribution >= 0.6 is 22.7 Å². The Bertz CT molecular complexity index is 4590. The van der Waals surface area contributed by atoms with Crippen LogP contribution in [-0.2, 0) is 0 Å². The molecule has 70 heavy (non-hydrogen) atoms. The predicted molar refractivity (Wildman–Crippen MR) is 304 cm³/mol. The first-order chi connectivity index (χ1) is 34.7. The van der Waals surface area contributed by atoms with E-state index in [1.54, 1.807) is 0 Å². The summed E-state index contributed by atoms with van der Waals surface area (Å²) in [6.07, 6.45) is 0. The lowest BCUT2D eigenvalue weighted by molar-refractivity contribution is 1.19. The molecule has 324 valence electrons. The van der Waals surface area contributed by atoms with Gasteiger partial charge >= 0.3 is 0 Å². The lowest BCUT2D eigenvalue weighted by atomic mass is 9.91. The fourth-order valence-corrected chi connectivity index (χ4v) is 14.2. The summed E-state index contributed by atoms with van der Waals surface area (Å²) in [5.41, 5.74) is 12.1. The summed E-state index contributed by atoms with van der Waals surface area (Å²) < 4.78 is 10.2. The summed E-state index contributed by atoms with van der Waals surface area (Å²) in [5, 5.41) is 17.9. The molecule has 0 aliphatic heterocycles. The van der Waals surface area contributed by atoms with Crippen LogP contribution in [0.3, 0.4) is 0 Å². The molecule has 4 aromatic heterocycles. The van der Waals surface area contributed by atoms with Crippen molar-refractivity contribution in [2.24, 2.45) is 0 Å². The maximum atomic E-state index is 2.48. The maximum Gasteiger partial charge on any atom is 0.0548 e. The summed E-state index contributed by atoms with van der Waals surface area (Å²) in [5.74, 6) is 0. The first kappa shape index (κ1) is 38.4. The number of aromatic nitrogens is 2. The monoisotopic (exact) mass is 922 g/mol. The molecule has 0 radical (unpaired) electrons. The minimum absolute atomic E-state index is 1.17. The third-order valence-electron chi connectivity index (χ3n) is 15.1. The average Bonchev–Trinajstić information content (AvgIpc) is 4.17. The van der Waals surface area contributed by atoms with Gasteiger partial charge in [0.05, 0.1) is 22.1 Å². The highest BCUT2D eigenvalue weighted by molar-refractivity contribution is 7.26. The van der Waals surface area contributed by atoms with Crippen LogP contribution < -0.4 is 0 Å². The summed E-state index contributed by atoms with van der Waals surface area (Å²) in [7, 11) is 0. The van der Waals surface area contributed by atoms with E-state index in [-0.39, 0.29) is 0 Å². The number of rotatable bonds is 4. The van der Waals surface area contributed by atoms with Crippen LogP contribution in [0.2, 0.25) is 0 Å². The van der Waals surface area contributed by atoms with E-state index in [9.17, 15) is 0 Å². The fraction of sp³-hybridized carbons (Fsp3) is 0. The second-order valence-electron chi connectivity index (χ2n) is 18.8. The molecule has 16 rings (SSSR count). The highest BCUT2D eigenvalue weighted by Gasteiger charge is 2.22. The van der Waals surface area contributed by atoms with Crippen molar-refractivity contribution < 1.29 is 0 Å². The van der Waals surface area contributed by atoms with Gasteiger partial charge in [-0.3, -0.25) is 0 Å². The van der Waals surface area contributed by atoms with Crippen LogP contribution in [0.15, 0.2) is 231 Å². The molecule has 16 aromatic rings. The van der Waals surface area contributed by atoms with Crippen molar-refractivity contribution in [2.75, 3.05) is 0 Å². The van der Waals surface area contributed by atoms with E-state index in [1.165, 1.54) is 150 Å². The zero-order valence-corrected chi connectivity index (χ0v) is 39.3. The second kappa shape index (κ2) is 14.5. The largest absolute Gasteiger partial charge is 0.309 e. The van der Waals surface area contributed by atoms with E-state index in [2.05, 4.69) is 240 Å². The van der Waals surface area contributed by atoms with Crippen molar-refractivity contribution in [3.05, 3.63) is 231 Å². The molecule has 4 heteroatoms. The van der Waals surface area contributed by atoms with Gasteiger partial charge in [0.2, 0.25) is 0 Å². The van der Waals surface area contributed by atoms with E-state index in [0.29, 0.717) is 0 Å². The summed E-state index contributed by atoms with van der Waals surface area (Å²) in [6.45, 7) is 0. The van der Waals surface area contributed by atoms with Gasteiger partial charge in [0, 0.05) is 73.3 Å². The van der Waals surface area contributed by atoms with Gasteiger partial charge in [-0.2, -0.15) is 0 Å². The van der Waals surface area contributed by atoms with Gasteiger partial charge in [-0.05, 0) is 140 Å². The van der Waals surface area contributed by atoms with Gasteiger partial charge in [0.15, 0.2) is 0 Å². The highest BCUT2D eigenvalue weighted by Crippen LogP contribution is 2.48. The Balaban J connectivity index is 0.920. The molecule has 0 spiro atoms. The number of nitrogens with zero attached hydrogens (tertiary/aromatic N) is 2. The molecule has 0 aliphatic rings. The van der Waals surface area contributed by atoms with E-state index < -0.39 is 0 Å². The van der Waals surface area contributed by atoms with Crippen LogP contribution in [0.25, 0.3) is 150 Å². The van der Waals surface area contributed by atoms with Crippen molar-refractivity contribution in [1.29, 1.82) is 0 Å². The smallest absolute Gasteiger partial charge is 0.0548 e. The molecular formula is C66H38N2S2. The van der Waals surface area contributed by atoms with E-state index >= 15 is 0 Å². The first-order valence-corrected chi connectivity index (χ1v) is 25.6. The van der Waals surface area contributed by atoms with Crippen molar-refractivity contribution in [2.45, 2.75) is 0 Å². The molecule has 2 nitrogen and oxygen atoms in total. The lowest BCUT2D eigenvalue weighted by Crippen LogP contribution is -1.94. The van der Waals surface area contributed by atoms with Crippen molar-refractivity contribution in [3.8, 4) is 33.6 Å². The second-order valence-corrected chi connectivity index (χ2v) is 20.9. The first-order valence-electron chi connectivity index (χ1n) is 24.0. The van der Waals surface area contributed by atoms with Crippen LogP contribution in [0.5, 0.6) is 0 Å². The van der Waals surface area contributed by atoms with Gasteiger partial charge in [0.25, 0.3) is 0 Å². The molecule has 0 amide bonds. The molecule has 0 saturated carbocycles. The van der Waals surface area contributed by atoms with Crippen LogP contribution in [0.1, 0.15) is 0 Å². The lowest BCUT2D eigenvalue weighted by Gasteiger charge is -2.14. The number of fused-ring (bicyclic) bond motifs is 17. The Morgan fingerprint density at radius 2 is 0.643 bits per heavy atom. The fourth-order valence-electron chi connectivity index (χ4n) is 12.0. The molecule has 4 heterocycles. The Labute approximate surface area is 409 Å². The molecule has 0 saturated heterocycles. The molecule has 0 atom stereocenters. The third kappa shape index (κ3) is 5.43. The Hall–Kier alpha value is -8.54. The van der Waals surface area contributed by atoms with Crippen LogP contribution in [0, 0.1) is 0 Å². The topological polar surface area (TPSA) is 9.86 Å². The van der Waals surface area contributed by atoms with Crippen molar-refractivity contribution in [3.63, 3.8) is 0 Å². The normalized spacial score (nSPS) is 12.3. The molecule has 0 N–H and O–H groups in total. The molecule has 0 aliphatic carbocycles. The van der Waals surface area contributed by atoms with Gasteiger partial charge in [-0.1, -0.05) is 146 Å². The third-order valence-corrected chi connectivity index (χ3v) is 17.3. The Kier molecular flexibility index (Phi) is 7.95.